The highest BCUT2D eigenvalue weighted by atomic mass is 79.9. The van der Waals surface area contributed by atoms with Crippen LogP contribution in [0.3, 0.4) is 0 Å². The zero-order chi connectivity index (χ0) is 15.2. The highest BCUT2D eigenvalue weighted by Gasteiger charge is 2.13. The van der Waals surface area contributed by atoms with E-state index < -0.39 is 6.10 Å². The van der Waals surface area contributed by atoms with Gasteiger partial charge in [-0.3, -0.25) is 0 Å². The van der Waals surface area contributed by atoms with Crippen molar-refractivity contribution in [1.29, 1.82) is 0 Å². The van der Waals surface area contributed by atoms with Crippen LogP contribution in [0.5, 0.6) is 5.75 Å². The number of rotatable bonds is 6. The first-order chi connectivity index (χ1) is 10.1. The number of aliphatic hydroxyl groups is 1. The molecule has 1 unspecified atom stereocenters. The van der Waals surface area contributed by atoms with Gasteiger partial charge in [0.1, 0.15) is 24.3 Å². The number of ether oxygens (including phenoxy) is 2. The highest BCUT2D eigenvalue weighted by molar-refractivity contribution is 9.10. The first kappa shape index (κ1) is 15.9. The summed E-state index contributed by atoms with van der Waals surface area (Å²) in [5, 5.41) is 10.3. The molecule has 0 aliphatic heterocycles. The van der Waals surface area contributed by atoms with Crippen molar-refractivity contribution in [2.24, 2.45) is 0 Å². The third kappa shape index (κ3) is 4.27. The van der Waals surface area contributed by atoms with Crippen molar-refractivity contribution in [2.75, 3.05) is 20.3 Å². The Kier molecular flexibility index (Phi) is 5.73. The third-order valence-corrected chi connectivity index (χ3v) is 3.60. The molecular weight excluding hydrogens is 339 g/mol. The van der Waals surface area contributed by atoms with Gasteiger partial charge in [-0.15, -0.1) is 0 Å². The van der Waals surface area contributed by atoms with Crippen molar-refractivity contribution >= 4 is 15.9 Å². The summed E-state index contributed by atoms with van der Waals surface area (Å²) in [6, 6.07) is 11.2. The second kappa shape index (κ2) is 7.54. The van der Waals surface area contributed by atoms with Gasteiger partial charge in [0.05, 0.1) is 11.1 Å². The number of aliphatic hydroxyl groups excluding tert-OH is 1. The molecule has 112 valence electrons. The van der Waals surface area contributed by atoms with Gasteiger partial charge in [-0.25, -0.2) is 4.39 Å². The Bertz CT molecular complexity index is 604. The van der Waals surface area contributed by atoms with Crippen LogP contribution < -0.4 is 4.74 Å². The Morgan fingerprint density at radius 3 is 2.57 bits per heavy atom. The predicted molar refractivity (Wildman–Crippen MR) is 82.0 cm³/mol. The van der Waals surface area contributed by atoms with E-state index in [1.165, 1.54) is 12.1 Å². The maximum Gasteiger partial charge on any atom is 0.133 e. The van der Waals surface area contributed by atoms with Gasteiger partial charge in [-0.05, 0) is 51.3 Å². The molecule has 0 aromatic heterocycles. The maximum absolute atomic E-state index is 13.2. The average Bonchev–Trinajstić information content (AvgIpc) is 2.48. The second-order valence-corrected chi connectivity index (χ2v) is 5.34. The molecule has 0 aliphatic carbocycles. The molecule has 1 atom stereocenters. The zero-order valence-electron chi connectivity index (χ0n) is 11.6. The normalized spacial score (nSPS) is 12.2. The highest BCUT2D eigenvalue weighted by Crippen LogP contribution is 2.31. The van der Waals surface area contributed by atoms with E-state index in [0.717, 1.165) is 4.47 Å². The molecule has 2 rings (SSSR count). The van der Waals surface area contributed by atoms with E-state index in [1.54, 1.807) is 37.4 Å². The summed E-state index contributed by atoms with van der Waals surface area (Å²) >= 11 is 3.40. The van der Waals surface area contributed by atoms with Crippen LogP contribution >= 0.6 is 15.9 Å². The van der Waals surface area contributed by atoms with Gasteiger partial charge in [0.25, 0.3) is 0 Å². The summed E-state index contributed by atoms with van der Waals surface area (Å²) in [6.45, 7) is 0.945. The van der Waals surface area contributed by atoms with Crippen LogP contribution in [0.4, 0.5) is 4.39 Å². The molecule has 5 heteroatoms. The van der Waals surface area contributed by atoms with E-state index in [1.807, 2.05) is 0 Å². The molecule has 0 heterocycles. The van der Waals surface area contributed by atoms with E-state index in [-0.39, 0.29) is 5.82 Å². The lowest BCUT2D eigenvalue weighted by Gasteiger charge is -2.14. The van der Waals surface area contributed by atoms with Crippen molar-refractivity contribution in [3.8, 4) is 5.75 Å². The van der Waals surface area contributed by atoms with Gasteiger partial charge >= 0.3 is 0 Å². The van der Waals surface area contributed by atoms with Crippen LogP contribution in [0.25, 0.3) is 0 Å². The van der Waals surface area contributed by atoms with Crippen LogP contribution in [0.2, 0.25) is 0 Å². The molecule has 0 amide bonds. The van der Waals surface area contributed by atoms with Crippen LogP contribution in [0.1, 0.15) is 17.2 Å². The van der Waals surface area contributed by atoms with Crippen LogP contribution in [-0.4, -0.2) is 25.4 Å². The molecule has 3 nitrogen and oxygen atoms in total. The first-order valence-corrected chi connectivity index (χ1v) is 7.26. The Morgan fingerprint density at radius 2 is 1.90 bits per heavy atom. The van der Waals surface area contributed by atoms with Crippen LogP contribution in [-0.2, 0) is 4.74 Å². The topological polar surface area (TPSA) is 38.7 Å². The van der Waals surface area contributed by atoms with Crippen molar-refractivity contribution in [1.82, 2.24) is 0 Å². The van der Waals surface area contributed by atoms with Gasteiger partial charge in [0.2, 0.25) is 0 Å². The number of hydrogen-bond donors (Lipinski definition) is 1. The summed E-state index contributed by atoms with van der Waals surface area (Å²) in [7, 11) is 1.61. The van der Waals surface area contributed by atoms with E-state index in [0.29, 0.717) is 30.1 Å². The fraction of sp³-hybridized carbons (Fsp3) is 0.250. The minimum Gasteiger partial charge on any atom is -0.490 e. The molecule has 0 saturated heterocycles. The zero-order valence-corrected chi connectivity index (χ0v) is 13.1. The standard InChI is InChI=1S/C16H16BrFO3/c1-20-7-8-21-15-6-5-12(10-14(15)17)16(19)11-3-2-4-13(18)9-11/h2-6,9-10,16,19H,7-8H2,1H3. The SMILES string of the molecule is COCCOc1ccc(C(O)c2cccc(F)c2)cc1Br. The van der Waals surface area contributed by atoms with Gasteiger partial charge in [-0.1, -0.05) is 18.2 Å². The Labute approximate surface area is 131 Å². The van der Waals surface area contributed by atoms with Crippen LogP contribution in [0, 0.1) is 5.82 Å². The lowest BCUT2D eigenvalue weighted by molar-refractivity contribution is 0.146. The monoisotopic (exact) mass is 354 g/mol. The number of benzene rings is 2. The smallest absolute Gasteiger partial charge is 0.133 e. The summed E-state index contributed by atoms with van der Waals surface area (Å²) in [6.07, 6.45) is -0.884. The van der Waals surface area contributed by atoms with Gasteiger partial charge in [-0.2, -0.15) is 0 Å². The molecule has 0 aliphatic rings. The summed E-state index contributed by atoms with van der Waals surface area (Å²) in [4.78, 5) is 0. The quantitative estimate of drug-likeness (QED) is 0.804. The van der Waals surface area contributed by atoms with E-state index in [2.05, 4.69) is 15.9 Å². The Balaban J connectivity index is 2.15. The first-order valence-electron chi connectivity index (χ1n) is 6.46. The van der Waals surface area contributed by atoms with Gasteiger partial charge < -0.3 is 14.6 Å². The number of halogens is 2. The molecule has 0 spiro atoms. The largest absolute Gasteiger partial charge is 0.490 e. The summed E-state index contributed by atoms with van der Waals surface area (Å²) in [5.41, 5.74) is 1.17. The van der Waals surface area contributed by atoms with E-state index in [9.17, 15) is 9.50 Å². The van der Waals surface area contributed by atoms with Crippen molar-refractivity contribution in [3.05, 3.63) is 63.9 Å². The fourth-order valence-electron chi connectivity index (χ4n) is 1.91. The fourth-order valence-corrected chi connectivity index (χ4v) is 2.42. The molecular formula is C16H16BrFO3. The Morgan fingerprint density at radius 1 is 1.14 bits per heavy atom. The number of methoxy groups -OCH3 is 1. The molecule has 0 fully saturated rings. The lowest BCUT2D eigenvalue weighted by Crippen LogP contribution is -2.05. The summed E-state index contributed by atoms with van der Waals surface area (Å²) < 4.78 is 24.4. The number of hydrogen-bond acceptors (Lipinski definition) is 3. The lowest BCUT2D eigenvalue weighted by atomic mass is 10.0. The average molecular weight is 355 g/mol. The van der Waals surface area contributed by atoms with E-state index in [4.69, 9.17) is 9.47 Å². The van der Waals surface area contributed by atoms with E-state index >= 15 is 0 Å². The molecule has 0 saturated carbocycles. The Hall–Kier alpha value is -1.43. The molecule has 21 heavy (non-hydrogen) atoms. The summed E-state index contributed by atoms with van der Waals surface area (Å²) in [5.74, 6) is 0.298. The third-order valence-electron chi connectivity index (χ3n) is 2.98. The maximum atomic E-state index is 13.2. The molecule has 1 N–H and O–H groups in total. The van der Waals surface area contributed by atoms with Crippen molar-refractivity contribution < 1.29 is 19.0 Å². The molecule has 0 bridgehead atoms. The molecule has 2 aromatic rings. The van der Waals surface area contributed by atoms with Crippen molar-refractivity contribution in [2.45, 2.75) is 6.10 Å². The second-order valence-electron chi connectivity index (χ2n) is 4.49. The minimum absolute atomic E-state index is 0.370. The van der Waals surface area contributed by atoms with Crippen LogP contribution in [0.15, 0.2) is 46.9 Å². The molecule has 2 aromatic carbocycles. The minimum atomic E-state index is -0.884. The van der Waals surface area contributed by atoms with Gasteiger partial charge in [0.15, 0.2) is 0 Å². The van der Waals surface area contributed by atoms with Crippen molar-refractivity contribution in [3.63, 3.8) is 0 Å². The predicted octanol–water partition coefficient (Wildman–Crippen LogP) is 3.70. The molecule has 0 radical (unpaired) electrons. The van der Waals surface area contributed by atoms with Gasteiger partial charge in [0, 0.05) is 7.11 Å².